The third-order valence-electron chi connectivity index (χ3n) is 3.57. The average Bonchev–Trinajstić information content (AvgIpc) is 2.47. The van der Waals surface area contributed by atoms with Gasteiger partial charge in [0, 0.05) is 0 Å². The first kappa shape index (κ1) is 18.1. The third-order valence-corrected chi connectivity index (χ3v) is 3.57. The smallest absolute Gasteiger partial charge is 0.343 e. The number of hydrogen-bond acceptors (Lipinski definition) is 4. The molecule has 124 valence electrons. The maximum Gasteiger partial charge on any atom is 0.343 e. The van der Waals surface area contributed by atoms with E-state index in [1.807, 2.05) is 0 Å². The lowest BCUT2D eigenvalue weighted by atomic mass is 10.0. The number of rotatable bonds is 10. The van der Waals surface area contributed by atoms with Gasteiger partial charge >= 0.3 is 5.97 Å². The van der Waals surface area contributed by atoms with Gasteiger partial charge in [0.05, 0.1) is 6.61 Å². The van der Waals surface area contributed by atoms with Crippen molar-refractivity contribution in [2.75, 3.05) is 6.61 Å². The van der Waals surface area contributed by atoms with E-state index in [1.54, 1.807) is 0 Å². The van der Waals surface area contributed by atoms with Crippen LogP contribution in [0.3, 0.4) is 0 Å². The molecular formula is C17H26O5. The molecule has 0 aliphatic rings. The van der Waals surface area contributed by atoms with Crippen LogP contribution >= 0.6 is 0 Å². The van der Waals surface area contributed by atoms with Gasteiger partial charge in [0.25, 0.3) is 0 Å². The zero-order valence-corrected chi connectivity index (χ0v) is 13.4. The van der Waals surface area contributed by atoms with Crippen LogP contribution < -0.4 is 4.74 Å². The van der Waals surface area contributed by atoms with Gasteiger partial charge in [0.1, 0.15) is 11.3 Å². The summed E-state index contributed by atoms with van der Waals surface area (Å²) in [6, 6.07) is 1.41. The van der Waals surface area contributed by atoms with Crippen LogP contribution in [0, 0.1) is 0 Å². The predicted molar refractivity (Wildman–Crippen MR) is 85.0 cm³/mol. The molecule has 0 aliphatic heterocycles. The molecular weight excluding hydrogens is 284 g/mol. The van der Waals surface area contributed by atoms with E-state index in [2.05, 4.69) is 13.8 Å². The van der Waals surface area contributed by atoms with Gasteiger partial charge in [0.2, 0.25) is 0 Å². The van der Waals surface area contributed by atoms with Gasteiger partial charge in [-0.1, -0.05) is 39.5 Å². The summed E-state index contributed by atoms with van der Waals surface area (Å²) in [4.78, 5) is 11.4. The number of carboxylic acids is 1. The number of carbonyl (C=O) groups is 1. The van der Waals surface area contributed by atoms with Gasteiger partial charge in [-0.2, -0.15) is 0 Å². The summed E-state index contributed by atoms with van der Waals surface area (Å²) >= 11 is 0. The largest absolute Gasteiger partial charge is 0.504 e. The quantitative estimate of drug-likeness (QED) is 0.447. The number of aromatic carboxylic acids is 1. The lowest BCUT2D eigenvalue weighted by molar-refractivity contribution is 0.0687. The number of phenolic OH excluding ortho intramolecular Hbond substituents is 1. The van der Waals surface area contributed by atoms with E-state index in [4.69, 9.17) is 4.74 Å². The summed E-state index contributed by atoms with van der Waals surface area (Å²) in [6.45, 7) is 4.56. The van der Waals surface area contributed by atoms with Gasteiger partial charge in [-0.15, -0.1) is 0 Å². The molecule has 0 atom stereocenters. The van der Waals surface area contributed by atoms with Crippen molar-refractivity contribution in [2.45, 2.75) is 58.8 Å². The first-order chi connectivity index (χ1) is 10.5. The highest BCUT2D eigenvalue weighted by Gasteiger charge is 2.24. The summed E-state index contributed by atoms with van der Waals surface area (Å²) in [5.74, 6) is -2.15. The highest BCUT2D eigenvalue weighted by molar-refractivity contribution is 5.95. The van der Waals surface area contributed by atoms with Crippen LogP contribution in [0.25, 0.3) is 0 Å². The molecule has 0 amide bonds. The second-order valence-electron chi connectivity index (χ2n) is 5.43. The van der Waals surface area contributed by atoms with Gasteiger partial charge in [0.15, 0.2) is 11.5 Å². The Kier molecular flexibility index (Phi) is 7.57. The molecule has 0 bridgehead atoms. The number of aromatic hydroxyl groups is 2. The van der Waals surface area contributed by atoms with E-state index in [0.717, 1.165) is 38.5 Å². The Labute approximate surface area is 131 Å². The van der Waals surface area contributed by atoms with Crippen molar-refractivity contribution < 1.29 is 24.9 Å². The molecule has 22 heavy (non-hydrogen) atoms. The second-order valence-corrected chi connectivity index (χ2v) is 5.43. The first-order valence-electron chi connectivity index (χ1n) is 7.96. The summed E-state index contributed by atoms with van der Waals surface area (Å²) < 4.78 is 5.65. The normalized spacial score (nSPS) is 10.6. The van der Waals surface area contributed by atoms with E-state index in [-0.39, 0.29) is 11.3 Å². The van der Waals surface area contributed by atoms with Crippen LogP contribution in [0.4, 0.5) is 0 Å². The van der Waals surface area contributed by atoms with E-state index in [0.29, 0.717) is 18.6 Å². The number of benzene rings is 1. The van der Waals surface area contributed by atoms with Crippen molar-refractivity contribution in [1.82, 2.24) is 0 Å². The fraction of sp³-hybridized carbons (Fsp3) is 0.588. The lowest BCUT2D eigenvalue weighted by Crippen LogP contribution is -2.08. The highest BCUT2D eigenvalue weighted by Crippen LogP contribution is 2.39. The minimum Gasteiger partial charge on any atom is -0.504 e. The summed E-state index contributed by atoms with van der Waals surface area (Å²) in [5.41, 5.74) is 0.292. The van der Waals surface area contributed by atoms with Gasteiger partial charge in [-0.05, 0) is 30.9 Å². The molecule has 0 saturated carbocycles. The Hall–Kier alpha value is -1.91. The number of unbranched alkanes of at least 4 members (excludes halogenated alkanes) is 4. The van der Waals surface area contributed by atoms with Crippen LogP contribution in [0.1, 0.15) is 68.3 Å². The molecule has 0 radical (unpaired) electrons. The highest BCUT2D eigenvalue weighted by atomic mass is 16.5. The van der Waals surface area contributed by atoms with E-state index >= 15 is 0 Å². The van der Waals surface area contributed by atoms with Crippen molar-refractivity contribution in [3.8, 4) is 17.2 Å². The fourth-order valence-electron chi connectivity index (χ4n) is 2.34. The van der Waals surface area contributed by atoms with Crippen LogP contribution in [0.2, 0.25) is 0 Å². The number of hydrogen-bond donors (Lipinski definition) is 3. The molecule has 0 aliphatic carbocycles. The molecule has 3 N–H and O–H groups in total. The minimum atomic E-state index is -1.30. The Morgan fingerprint density at radius 1 is 1.09 bits per heavy atom. The van der Waals surface area contributed by atoms with Crippen molar-refractivity contribution >= 4 is 5.97 Å². The molecule has 0 fully saturated rings. The molecule has 5 heteroatoms. The summed E-state index contributed by atoms with van der Waals surface area (Å²) in [7, 11) is 0. The lowest BCUT2D eigenvalue weighted by Gasteiger charge is -2.16. The monoisotopic (exact) mass is 310 g/mol. The standard InChI is InChI=1S/C17H26O5/c1-3-5-7-9-12-11-13(18)15(19)14(17(20)21)16(12)22-10-8-6-4-2/h11,18-19H,3-10H2,1-2H3,(H,20,21). The van der Waals surface area contributed by atoms with E-state index < -0.39 is 17.5 Å². The Morgan fingerprint density at radius 3 is 2.32 bits per heavy atom. The maximum absolute atomic E-state index is 11.4. The Bertz CT molecular complexity index is 496. The third kappa shape index (κ3) is 4.83. The van der Waals surface area contributed by atoms with Crippen LogP contribution in [0.15, 0.2) is 6.07 Å². The first-order valence-corrected chi connectivity index (χ1v) is 7.96. The summed E-state index contributed by atoms with van der Waals surface area (Å²) in [5, 5.41) is 28.9. The minimum absolute atomic E-state index is 0.190. The van der Waals surface area contributed by atoms with Crippen molar-refractivity contribution in [1.29, 1.82) is 0 Å². The Balaban J connectivity index is 3.08. The number of aryl methyl sites for hydroxylation is 1. The van der Waals surface area contributed by atoms with Crippen molar-refractivity contribution in [3.63, 3.8) is 0 Å². The average molecular weight is 310 g/mol. The zero-order valence-electron chi connectivity index (χ0n) is 13.4. The topological polar surface area (TPSA) is 87.0 Å². The number of phenols is 2. The van der Waals surface area contributed by atoms with Crippen molar-refractivity contribution in [2.24, 2.45) is 0 Å². The molecule has 0 unspecified atom stereocenters. The number of carboxylic acid groups (broad SMARTS) is 1. The molecule has 0 spiro atoms. The molecule has 0 aromatic heterocycles. The molecule has 0 saturated heterocycles. The second kappa shape index (κ2) is 9.18. The van der Waals surface area contributed by atoms with Gasteiger partial charge in [-0.3, -0.25) is 0 Å². The molecule has 0 heterocycles. The van der Waals surface area contributed by atoms with E-state index in [1.165, 1.54) is 6.07 Å². The Morgan fingerprint density at radius 2 is 1.73 bits per heavy atom. The maximum atomic E-state index is 11.4. The zero-order chi connectivity index (χ0) is 16.5. The molecule has 1 rings (SSSR count). The van der Waals surface area contributed by atoms with Gasteiger partial charge < -0.3 is 20.1 Å². The van der Waals surface area contributed by atoms with Crippen LogP contribution in [-0.2, 0) is 6.42 Å². The SMILES string of the molecule is CCCCCOc1c(CCCCC)cc(O)c(O)c1C(=O)O. The van der Waals surface area contributed by atoms with Crippen molar-refractivity contribution in [3.05, 3.63) is 17.2 Å². The number of ether oxygens (including phenoxy) is 1. The predicted octanol–water partition coefficient (Wildman–Crippen LogP) is 4.10. The fourth-order valence-corrected chi connectivity index (χ4v) is 2.34. The van der Waals surface area contributed by atoms with Crippen LogP contribution in [0.5, 0.6) is 17.2 Å². The van der Waals surface area contributed by atoms with E-state index in [9.17, 15) is 20.1 Å². The molecule has 5 nitrogen and oxygen atoms in total. The molecule has 1 aromatic rings. The van der Waals surface area contributed by atoms with Crippen LogP contribution in [-0.4, -0.2) is 27.9 Å². The van der Waals surface area contributed by atoms with Gasteiger partial charge in [-0.25, -0.2) is 4.79 Å². The summed E-state index contributed by atoms with van der Waals surface area (Å²) in [6.07, 6.45) is 6.42. The molecule has 1 aromatic carbocycles.